The normalized spacial score (nSPS) is 14.3. The highest BCUT2D eigenvalue weighted by molar-refractivity contribution is 6.22. The van der Waals surface area contributed by atoms with E-state index in [0.29, 0.717) is 0 Å². The third-order valence-electron chi connectivity index (χ3n) is 10.6. The first-order valence-electron chi connectivity index (χ1n) is 18.1. The van der Waals surface area contributed by atoms with Crippen molar-refractivity contribution in [2.75, 3.05) is 11.1 Å². The van der Waals surface area contributed by atoms with Crippen LogP contribution in [0.5, 0.6) is 0 Å². The van der Waals surface area contributed by atoms with Crippen LogP contribution in [-0.2, 0) is 0 Å². The van der Waals surface area contributed by atoms with Crippen molar-refractivity contribution >= 4 is 66.1 Å². The molecule has 9 rings (SSSR count). The van der Waals surface area contributed by atoms with Crippen molar-refractivity contribution < 1.29 is 0 Å². The van der Waals surface area contributed by atoms with Gasteiger partial charge in [0.15, 0.2) is 0 Å². The largest absolute Gasteiger partial charge is 0.397 e. The average Bonchev–Trinajstić information content (AvgIpc) is 3.17. The second kappa shape index (κ2) is 12.6. The van der Waals surface area contributed by atoms with E-state index in [1.54, 1.807) is 0 Å². The summed E-state index contributed by atoms with van der Waals surface area (Å²) in [6.07, 6.45) is 8.76. The molecular weight excluding hydrogens is 617 g/mol. The zero-order valence-corrected chi connectivity index (χ0v) is 29.1. The van der Waals surface area contributed by atoms with E-state index in [-0.39, 0.29) is 6.04 Å². The number of unbranched alkanes of at least 4 members (excludes halogenated alkanes) is 1. The Labute approximate surface area is 299 Å². The lowest BCUT2D eigenvalue weighted by Gasteiger charge is -2.24. The van der Waals surface area contributed by atoms with Crippen molar-refractivity contribution in [1.82, 2.24) is 0 Å². The van der Waals surface area contributed by atoms with Gasteiger partial charge in [-0.3, -0.25) is 0 Å². The van der Waals surface area contributed by atoms with E-state index in [9.17, 15) is 0 Å². The molecule has 8 aromatic rings. The summed E-state index contributed by atoms with van der Waals surface area (Å²) in [5, 5.41) is 13.6. The summed E-state index contributed by atoms with van der Waals surface area (Å²) in [6, 6.07) is 51.7. The molecule has 3 N–H and O–H groups in total. The molecule has 0 saturated carbocycles. The Balaban J connectivity index is 1.36. The minimum atomic E-state index is 0.227. The van der Waals surface area contributed by atoms with Crippen LogP contribution in [0.15, 0.2) is 152 Å². The lowest BCUT2D eigenvalue weighted by atomic mass is 9.83. The lowest BCUT2D eigenvalue weighted by molar-refractivity contribution is 0.960. The Hall–Kier alpha value is -6.12. The fraction of sp³-hybridized carbons (Fsp3) is 0.102. The van der Waals surface area contributed by atoms with Crippen molar-refractivity contribution in [3.05, 3.63) is 168 Å². The number of hydrogen-bond acceptors (Lipinski definition) is 2. The van der Waals surface area contributed by atoms with Gasteiger partial charge in [-0.1, -0.05) is 153 Å². The fourth-order valence-corrected chi connectivity index (χ4v) is 8.02. The molecule has 1 aliphatic rings. The van der Waals surface area contributed by atoms with Gasteiger partial charge in [0.25, 0.3) is 0 Å². The van der Waals surface area contributed by atoms with Crippen LogP contribution < -0.4 is 11.1 Å². The molecule has 1 atom stereocenters. The zero-order valence-electron chi connectivity index (χ0n) is 29.1. The van der Waals surface area contributed by atoms with Crippen LogP contribution in [0.4, 0.5) is 11.4 Å². The number of benzene rings is 8. The predicted octanol–water partition coefficient (Wildman–Crippen LogP) is 13.3. The molecule has 2 heteroatoms. The highest BCUT2D eigenvalue weighted by Crippen LogP contribution is 2.46. The number of allylic oxidation sites excluding steroid dienone is 1. The Morgan fingerprint density at radius 2 is 1.22 bits per heavy atom. The van der Waals surface area contributed by atoms with Gasteiger partial charge >= 0.3 is 0 Å². The Morgan fingerprint density at radius 3 is 1.86 bits per heavy atom. The van der Waals surface area contributed by atoms with Crippen molar-refractivity contribution in [2.24, 2.45) is 0 Å². The summed E-state index contributed by atoms with van der Waals surface area (Å²) >= 11 is 0. The fourth-order valence-electron chi connectivity index (χ4n) is 8.02. The molecule has 1 unspecified atom stereocenters. The number of hydrogen-bond donors (Lipinski definition) is 2. The molecule has 51 heavy (non-hydrogen) atoms. The molecule has 246 valence electrons. The first kappa shape index (κ1) is 30.9. The lowest BCUT2D eigenvalue weighted by Crippen LogP contribution is -2.17. The third kappa shape index (κ3) is 5.36. The minimum Gasteiger partial charge on any atom is -0.397 e. The minimum absolute atomic E-state index is 0.227. The standard InChI is InChI=1S/C49H40N2/c1-3-4-15-40(44-27-24-34-19-18-31(2)51-49(34)48(44)50)37-25-26-43-45(30-37)47(39-23-21-33-12-6-8-14-36(33)29-39)42-17-10-9-16-41(42)46(43)38-22-20-32-11-5-7-13-35(32)28-38/h5-31,51H,3-4,50H2,1-2H3/b40-15-. The highest BCUT2D eigenvalue weighted by Gasteiger charge is 2.21. The summed E-state index contributed by atoms with van der Waals surface area (Å²) in [6.45, 7) is 4.40. The summed E-state index contributed by atoms with van der Waals surface area (Å²) in [5.41, 5.74) is 18.4. The Kier molecular flexibility index (Phi) is 7.66. The summed E-state index contributed by atoms with van der Waals surface area (Å²) in [4.78, 5) is 0. The van der Waals surface area contributed by atoms with Crippen LogP contribution in [0.3, 0.4) is 0 Å². The van der Waals surface area contributed by atoms with E-state index in [0.717, 1.165) is 35.3 Å². The first-order valence-corrected chi connectivity index (χ1v) is 18.1. The van der Waals surface area contributed by atoms with Crippen molar-refractivity contribution in [3.63, 3.8) is 0 Å². The van der Waals surface area contributed by atoms with Crippen molar-refractivity contribution in [3.8, 4) is 22.3 Å². The molecule has 2 nitrogen and oxygen atoms in total. The van der Waals surface area contributed by atoms with E-state index in [4.69, 9.17) is 5.73 Å². The van der Waals surface area contributed by atoms with E-state index >= 15 is 0 Å². The van der Waals surface area contributed by atoms with Crippen LogP contribution in [-0.4, -0.2) is 6.04 Å². The first-order chi connectivity index (χ1) is 25.1. The maximum absolute atomic E-state index is 7.05. The monoisotopic (exact) mass is 656 g/mol. The van der Waals surface area contributed by atoms with Crippen LogP contribution in [0.2, 0.25) is 0 Å². The van der Waals surface area contributed by atoms with E-state index in [1.807, 2.05) is 0 Å². The van der Waals surface area contributed by atoms with Crippen LogP contribution in [0, 0.1) is 0 Å². The molecular formula is C49H40N2. The molecule has 0 spiro atoms. The van der Waals surface area contributed by atoms with Gasteiger partial charge in [0.1, 0.15) is 0 Å². The number of fused-ring (bicyclic) bond motifs is 5. The summed E-state index contributed by atoms with van der Waals surface area (Å²) < 4.78 is 0. The van der Waals surface area contributed by atoms with E-state index < -0.39 is 0 Å². The maximum atomic E-state index is 7.05. The molecule has 8 aromatic carbocycles. The molecule has 0 aliphatic carbocycles. The van der Waals surface area contributed by atoms with Crippen LogP contribution >= 0.6 is 0 Å². The van der Waals surface area contributed by atoms with E-state index in [2.05, 4.69) is 177 Å². The number of anilines is 2. The Morgan fingerprint density at radius 1 is 0.627 bits per heavy atom. The van der Waals surface area contributed by atoms with Gasteiger partial charge < -0.3 is 11.1 Å². The number of nitrogens with two attached hydrogens (primary N) is 1. The molecule has 0 saturated heterocycles. The quantitative estimate of drug-likeness (QED) is 0.138. The van der Waals surface area contributed by atoms with Crippen LogP contribution in [0.25, 0.3) is 77.0 Å². The number of nitrogen functional groups attached to an aromatic ring is 1. The molecule has 0 radical (unpaired) electrons. The predicted molar refractivity (Wildman–Crippen MR) is 222 cm³/mol. The second-order valence-electron chi connectivity index (χ2n) is 13.9. The zero-order chi connectivity index (χ0) is 34.5. The topological polar surface area (TPSA) is 38.0 Å². The SMILES string of the molecule is CCC/C=C(/c1ccc2c(-c3ccc4ccccc4c3)c3ccccc3c(-c3ccc4ccccc4c3)c2c1)c1ccc2c(c1N)NC(C)C=C2. The molecule has 0 bridgehead atoms. The molecule has 0 aromatic heterocycles. The van der Waals surface area contributed by atoms with Crippen LogP contribution in [0.1, 0.15) is 43.4 Å². The van der Waals surface area contributed by atoms with Crippen molar-refractivity contribution in [2.45, 2.75) is 32.7 Å². The molecule has 1 heterocycles. The summed E-state index contributed by atoms with van der Waals surface area (Å²) in [7, 11) is 0. The van der Waals surface area contributed by atoms with Gasteiger partial charge in [0.2, 0.25) is 0 Å². The third-order valence-corrected chi connectivity index (χ3v) is 10.6. The number of nitrogens with one attached hydrogen (secondary N) is 1. The van der Waals surface area contributed by atoms with E-state index in [1.165, 1.54) is 76.5 Å². The number of rotatable bonds is 6. The van der Waals surface area contributed by atoms with Gasteiger partial charge in [-0.25, -0.2) is 0 Å². The highest BCUT2D eigenvalue weighted by atomic mass is 14.9. The van der Waals surface area contributed by atoms with Crippen molar-refractivity contribution in [1.29, 1.82) is 0 Å². The Bertz CT molecular complexity index is 2710. The summed E-state index contributed by atoms with van der Waals surface area (Å²) in [5.74, 6) is 0. The van der Waals surface area contributed by atoms with Gasteiger partial charge in [0.05, 0.1) is 11.4 Å². The van der Waals surface area contributed by atoms with Gasteiger partial charge in [-0.2, -0.15) is 0 Å². The maximum Gasteiger partial charge on any atom is 0.0658 e. The van der Waals surface area contributed by atoms with Gasteiger partial charge in [0, 0.05) is 11.6 Å². The smallest absolute Gasteiger partial charge is 0.0658 e. The molecule has 0 amide bonds. The molecule has 1 aliphatic heterocycles. The van der Waals surface area contributed by atoms with Gasteiger partial charge in [-0.15, -0.1) is 0 Å². The van der Waals surface area contributed by atoms with Gasteiger partial charge in [-0.05, 0) is 114 Å². The molecule has 0 fully saturated rings. The second-order valence-corrected chi connectivity index (χ2v) is 13.9. The average molecular weight is 657 g/mol.